The Bertz CT molecular complexity index is 926. The van der Waals surface area contributed by atoms with Gasteiger partial charge < -0.3 is 25.8 Å². The number of carbonyl (C=O) groups excluding carboxylic acids is 1. The lowest BCUT2D eigenvalue weighted by atomic mass is 10.0. The van der Waals surface area contributed by atoms with E-state index in [4.69, 9.17) is 15.6 Å². The summed E-state index contributed by atoms with van der Waals surface area (Å²) in [6.45, 7) is 6.71. The third-order valence-corrected chi connectivity index (χ3v) is 5.37. The van der Waals surface area contributed by atoms with Crippen LogP contribution in [0.4, 0.5) is 17.3 Å². The second-order valence-corrected chi connectivity index (χ2v) is 8.42. The van der Waals surface area contributed by atoms with Crippen LogP contribution in [0.25, 0.3) is 0 Å². The van der Waals surface area contributed by atoms with E-state index in [0.717, 1.165) is 49.5 Å². The highest BCUT2D eigenvalue weighted by molar-refractivity contribution is 5.92. The molecular weight excluding hydrogens is 410 g/mol. The van der Waals surface area contributed by atoms with Crippen molar-refractivity contribution >= 4 is 29.2 Å². The number of hydrogen-bond donors (Lipinski definition) is 3. The van der Waals surface area contributed by atoms with Crippen LogP contribution in [0.5, 0.6) is 0 Å². The molecule has 32 heavy (non-hydrogen) atoms. The van der Waals surface area contributed by atoms with E-state index in [1.807, 2.05) is 18.2 Å². The molecule has 9 nitrogen and oxygen atoms in total. The molecular formula is C23H31N5O4. The summed E-state index contributed by atoms with van der Waals surface area (Å²) in [6, 6.07) is 6.31. The highest BCUT2D eigenvalue weighted by Crippen LogP contribution is 2.33. The highest BCUT2D eigenvalue weighted by Gasteiger charge is 2.25. The number of nitrogens with two attached hydrogens (primary N) is 1. The van der Waals surface area contributed by atoms with Gasteiger partial charge in [-0.1, -0.05) is 19.9 Å². The lowest BCUT2D eigenvalue weighted by molar-refractivity contribution is -0.136. The summed E-state index contributed by atoms with van der Waals surface area (Å²) in [5, 5.41) is 12.3. The number of primary amides is 1. The topological polar surface area (TPSA) is 131 Å². The second kappa shape index (κ2) is 10.9. The number of carbonyl (C=O) groups is 2. The van der Waals surface area contributed by atoms with Crippen LogP contribution >= 0.6 is 0 Å². The van der Waals surface area contributed by atoms with Crippen molar-refractivity contribution in [3.8, 4) is 0 Å². The van der Waals surface area contributed by atoms with Crippen molar-refractivity contribution in [2.24, 2.45) is 11.7 Å². The zero-order valence-corrected chi connectivity index (χ0v) is 18.6. The first-order valence-electron chi connectivity index (χ1n) is 10.9. The Labute approximate surface area is 188 Å². The number of hydrogen-bond acceptors (Lipinski definition) is 7. The smallest absolute Gasteiger partial charge is 0.303 e. The molecule has 1 aromatic carbocycles. The summed E-state index contributed by atoms with van der Waals surface area (Å²) < 4.78 is 5.56. The number of amides is 1. The van der Waals surface area contributed by atoms with Gasteiger partial charge in [-0.05, 0) is 42.9 Å². The molecule has 0 saturated carbocycles. The maximum atomic E-state index is 11.3. The van der Waals surface area contributed by atoms with Gasteiger partial charge in [-0.15, -0.1) is 0 Å². The SMILES string of the molecule is CC(C)CN(c1ccc(CCC(=O)O)cc1Nc1ncc(C(N)=O)cn1)C1CCOCC1. The molecule has 1 aliphatic rings. The summed E-state index contributed by atoms with van der Waals surface area (Å²) in [7, 11) is 0. The van der Waals surface area contributed by atoms with Gasteiger partial charge in [0.25, 0.3) is 5.91 Å². The average Bonchev–Trinajstić information content (AvgIpc) is 2.77. The minimum absolute atomic E-state index is 0.0538. The first-order valence-corrected chi connectivity index (χ1v) is 10.9. The molecule has 0 spiro atoms. The first kappa shape index (κ1) is 23.5. The minimum atomic E-state index is -0.836. The van der Waals surface area contributed by atoms with Crippen LogP contribution in [-0.4, -0.2) is 52.8 Å². The molecule has 2 heterocycles. The molecule has 0 atom stereocenters. The second-order valence-electron chi connectivity index (χ2n) is 8.42. The van der Waals surface area contributed by atoms with Gasteiger partial charge >= 0.3 is 5.97 Å². The zero-order valence-electron chi connectivity index (χ0n) is 18.6. The maximum absolute atomic E-state index is 11.3. The molecule has 1 amide bonds. The van der Waals surface area contributed by atoms with Gasteiger partial charge in [-0.3, -0.25) is 9.59 Å². The first-order chi connectivity index (χ1) is 15.3. The van der Waals surface area contributed by atoms with E-state index < -0.39 is 11.9 Å². The summed E-state index contributed by atoms with van der Waals surface area (Å²) >= 11 is 0. The third kappa shape index (κ3) is 6.40. The van der Waals surface area contributed by atoms with E-state index >= 15 is 0 Å². The quantitative estimate of drug-likeness (QED) is 0.513. The van der Waals surface area contributed by atoms with Crippen molar-refractivity contribution in [3.63, 3.8) is 0 Å². The Kier molecular flexibility index (Phi) is 7.99. The van der Waals surface area contributed by atoms with E-state index in [0.29, 0.717) is 24.3 Å². The normalized spacial score (nSPS) is 14.3. The van der Waals surface area contributed by atoms with Crippen LogP contribution in [0.1, 0.15) is 49.0 Å². The predicted molar refractivity (Wildman–Crippen MR) is 122 cm³/mol. The number of nitrogens with zero attached hydrogens (tertiary/aromatic N) is 3. The molecule has 1 aromatic heterocycles. The van der Waals surface area contributed by atoms with Crippen LogP contribution in [0.2, 0.25) is 0 Å². The molecule has 0 bridgehead atoms. The molecule has 0 aliphatic carbocycles. The summed E-state index contributed by atoms with van der Waals surface area (Å²) in [4.78, 5) is 33.2. The van der Waals surface area contributed by atoms with E-state index in [1.54, 1.807) is 0 Å². The fraction of sp³-hybridized carbons (Fsp3) is 0.478. The molecule has 172 valence electrons. The predicted octanol–water partition coefficient (Wildman–Crippen LogP) is 2.98. The summed E-state index contributed by atoms with van der Waals surface area (Å²) in [6.07, 6.45) is 5.13. The fourth-order valence-electron chi connectivity index (χ4n) is 3.82. The number of anilines is 3. The number of aliphatic carboxylic acids is 1. The third-order valence-electron chi connectivity index (χ3n) is 5.37. The Balaban J connectivity index is 1.96. The number of benzene rings is 1. The molecule has 3 rings (SSSR count). The van der Waals surface area contributed by atoms with Crippen LogP contribution in [0.15, 0.2) is 30.6 Å². The fourth-order valence-corrected chi connectivity index (χ4v) is 3.82. The van der Waals surface area contributed by atoms with Gasteiger partial charge in [0.15, 0.2) is 0 Å². The lowest BCUT2D eigenvalue weighted by Gasteiger charge is -2.38. The number of rotatable bonds is 10. The van der Waals surface area contributed by atoms with E-state index in [2.05, 4.69) is 34.0 Å². The lowest BCUT2D eigenvalue weighted by Crippen LogP contribution is -2.42. The molecule has 0 radical (unpaired) electrons. The molecule has 9 heteroatoms. The number of ether oxygens (including phenoxy) is 1. The van der Waals surface area contributed by atoms with Crippen molar-refractivity contribution in [1.29, 1.82) is 0 Å². The van der Waals surface area contributed by atoms with Crippen molar-refractivity contribution in [2.45, 2.75) is 45.6 Å². The molecule has 0 unspecified atom stereocenters. The monoisotopic (exact) mass is 441 g/mol. The number of nitrogens with one attached hydrogen (secondary N) is 1. The van der Waals surface area contributed by atoms with Crippen molar-refractivity contribution in [3.05, 3.63) is 41.7 Å². The van der Waals surface area contributed by atoms with Gasteiger partial charge in [-0.2, -0.15) is 0 Å². The Morgan fingerprint density at radius 2 is 1.94 bits per heavy atom. The Morgan fingerprint density at radius 1 is 1.25 bits per heavy atom. The molecule has 2 aromatic rings. The van der Waals surface area contributed by atoms with Crippen LogP contribution in [-0.2, 0) is 16.0 Å². The van der Waals surface area contributed by atoms with Crippen LogP contribution in [0, 0.1) is 5.92 Å². The average molecular weight is 442 g/mol. The number of carboxylic acid groups (broad SMARTS) is 1. The van der Waals surface area contributed by atoms with Gasteiger partial charge in [0, 0.05) is 44.6 Å². The maximum Gasteiger partial charge on any atom is 0.303 e. The number of aryl methyl sites for hydroxylation is 1. The van der Waals surface area contributed by atoms with Gasteiger partial charge in [0.05, 0.1) is 16.9 Å². The Hall–Kier alpha value is -3.20. The van der Waals surface area contributed by atoms with Crippen molar-refractivity contribution < 1.29 is 19.4 Å². The molecule has 4 N–H and O–H groups in total. The van der Waals surface area contributed by atoms with E-state index in [1.165, 1.54) is 12.4 Å². The zero-order chi connectivity index (χ0) is 23.1. The Morgan fingerprint density at radius 3 is 2.53 bits per heavy atom. The van der Waals surface area contributed by atoms with Gasteiger partial charge in [-0.25, -0.2) is 9.97 Å². The van der Waals surface area contributed by atoms with E-state index in [9.17, 15) is 9.59 Å². The molecule has 1 saturated heterocycles. The van der Waals surface area contributed by atoms with Gasteiger partial charge in [0.2, 0.25) is 5.95 Å². The minimum Gasteiger partial charge on any atom is -0.481 e. The summed E-state index contributed by atoms with van der Waals surface area (Å²) in [5.41, 5.74) is 8.22. The van der Waals surface area contributed by atoms with Gasteiger partial charge in [0.1, 0.15) is 0 Å². The number of carboxylic acids is 1. The van der Waals surface area contributed by atoms with Crippen LogP contribution in [0.3, 0.4) is 0 Å². The van der Waals surface area contributed by atoms with Crippen molar-refractivity contribution in [1.82, 2.24) is 9.97 Å². The van der Waals surface area contributed by atoms with E-state index in [-0.39, 0.29) is 12.0 Å². The molecule has 1 fully saturated rings. The number of aromatic nitrogens is 2. The largest absolute Gasteiger partial charge is 0.481 e. The molecule has 1 aliphatic heterocycles. The van der Waals surface area contributed by atoms with Crippen molar-refractivity contribution in [2.75, 3.05) is 30.0 Å². The van der Waals surface area contributed by atoms with Crippen LogP contribution < -0.4 is 16.0 Å². The summed E-state index contributed by atoms with van der Waals surface area (Å²) in [5.74, 6) is -0.639. The standard InChI is InChI=1S/C23H31N5O4/c1-15(2)14-28(18-7-9-32-10-8-18)20-5-3-16(4-6-21(29)30)11-19(20)27-23-25-12-17(13-26-23)22(24)31/h3,5,11-13,15,18H,4,6-10,14H2,1-2H3,(H2,24,31)(H,29,30)(H,25,26,27). The highest BCUT2D eigenvalue weighted by atomic mass is 16.5.